The Bertz CT molecular complexity index is 430. The van der Waals surface area contributed by atoms with Crippen LogP contribution in [0.3, 0.4) is 0 Å². The molecule has 0 bridgehead atoms. The molecular weight excluding hydrogens is 246 g/mol. The highest BCUT2D eigenvalue weighted by Crippen LogP contribution is 2.04. The van der Waals surface area contributed by atoms with Crippen molar-refractivity contribution in [3.8, 4) is 0 Å². The molecule has 9 heteroatoms. The van der Waals surface area contributed by atoms with Gasteiger partial charge in [-0.15, -0.1) is 5.10 Å². The predicted octanol–water partition coefficient (Wildman–Crippen LogP) is -1.08. The van der Waals surface area contributed by atoms with Gasteiger partial charge in [0.05, 0.1) is 5.75 Å². The van der Waals surface area contributed by atoms with Crippen molar-refractivity contribution in [1.82, 2.24) is 14.9 Å². The van der Waals surface area contributed by atoms with Crippen LogP contribution >= 0.6 is 0 Å². The lowest BCUT2D eigenvalue weighted by atomic mass is 10.4. The molecule has 1 aromatic heterocycles. The summed E-state index contributed by atoms with van der Waals surface area (Å²) in [5, 5.41) is 10.2. The first-order chi connectivity index (χ1) is 8.07. The summed E-state index contributed by atoms with van der Waals surface area (Å²) in [5.41, 5.74) is 5.32. The molecule has 0 spiro atoms. The van der Waals surface area contributed by atoms with Gasteiger partial charge >= 0.3 is 6.01 Å². The number of aromatic nitrogens is 2. The van der Waals surface area contributed by atoms with E-state index in [9.17, 15) is 8.42 Å². The standard InChI is InChI=1S/C8H17N5O3S/c1-2-11-17(14,15)6-5-10-8-13-12-7(16-8)3-4-9/h11H,2-6,9H2,1H3,(H,10,13). The Balaban J connectivity index is 2.35. The van der Waals surface area contributed by atoms with Gasteiger partial charge in [-0.2, -0.15) is 0 Å². The van der Waals surface area contributed by atoms with Crippen LogP contribution in [0.2, 0.25) is 0 Å². The summed E-state index contributed by atoms with van der Waals surface area (Å²) in [4.78, 5) is 0. The van der Waals surface area contributed by atoms with Crippen LogP contribution < -0.4 is 15.8 Å². The van der Waals surface area contributed by atoms with Crippen molar-refractivity contribution in [1.29, 1.82) is 0 Å². The summed E-state index contributed by atoms with van der Waals surface area (Å²) in [7, 11) is -3.23. The largest absolute Gasteiger partial charge is 0.408 e. The van der Waals surface area contributed by atoms with Crippen molar-refractivity contribution in [2.24, 2.45) is 5.73 Å². The van der Waals surface area contributed by atoms with E-state index in [4.69, 9.17) is 10.2 Å². The van der Waals surface area contributed by atoms with Gasteiger partial charge in [-0.05, 0) is 0 Å². The Morgan fingerprint density at radius 2 is 2.18 bits per heavy atom. The van der Waals surface area contributed by atoms with E-state index in [0.717, 1.165) is 0 Å². The lowest BCUT2D eigenvalue weighted by Crippen LogP contribution is -2.29. The third-order valence-corrected chi connectivity index (χ3v) is 3.31. The van der Waals surface area contributed by atoms with Crippen molar-refractivity contribution in [2.45, 2.75) is 13.3 Å². The number of nitrogens with zero attached hydrogens (tertiary/aromatic N) is 2. The Labute approximate surface area is 100 Å². The molecule has 8 nitrogen and oxygen atoms in total. The zero-order valence-corrected chi connectivity index (χ0v) is 10.5. The smallest absolute Gasteiger partial charge is 0.315 e. The van der Waals surface area contributed by atoms with Gasteiger partial charge in [0.25, 0.3) is 0 Å². The summed E-state index contributed by atoms with van der Waals surface area (Å²) >= 11 is 0. The maximum Gasteiger partial charge on any atom is 0.315 e. The van der Waals surface area contributed by atoms with Crippen LogP contribution in [-0.2, 0) is 16.4 Å². The van der Waals surface area contributed by atoms with Crippen LogP contribution in [0.15, 0.2) is 4.42 Å². The average molecular weight is 263 g/mol. The first kappa shape index (κ1) is 13.9. The summed E-state index contributed by atoms with van der Waals surface area (Å²) in [6.07, 6.45) is 0.504. The minimum absolute atomic E-state index is 0.0462. The lowest BCUT2D eigenvalue weighted by molar-refractivity contribution is 0.506. The van der Waals surface area contributed by atoms with E-state index in [2.05, 4.69) is 20.2 Å². The predicted molar refractivity (Wildman–Crippen MR) is 63.0 cm³/mol. The number of nitrogens with one attached hydrogen (secondary N) is 2. The molecule has 0 fully saturated rings. The minimum Gasteiger partial charge on any atom is -0.408 e. The highest BCUT2D eigenvalue weighted by molar-refractivity contribution is 7.89. The highest BCUT2D eigenvalue weighted by atomic mass is 32.2. The molecule has 0 aliphatic rings. The van der Waals surface area contributed by atoms with Crippen LogP contribution in [0.1, 0.15) is 12.8 Å². The van der Waals surface area contributed by atoms with E-state index in [1.807, 2.05) is 0 Å². The molecule has 17 heavy (non-hydrogen) atoms. The Morgan fingerprint density at radius 3 is 2.82 bits per heavy atom. The first-order valence-corrected chi connectivity index (χ1v) is 6.96. The number of hydrogen-bond acceptors (Lipinski definition) is 7. The van der Waals surface area contributed by atoms with Crippen LogP contribution in [0.4, 0.5) is 6.01 Å². The summed E-state index contributed by atoms with van der Waals surface area (Å²) in [6, 6.07) is 0.208. The Hall–Kier alpha value is -1.19. The monoisotopic (exact) mass is 263 g/mol. The topological polar surface area (TPSA) is 123 Å². The van der Waals surface area contributed by atoms with Crippen molar-refractivity contribution in [3.05, 3.63) is 5.89 Å². The quantitative estimate of drug-likeness (QED) is 0.545. The molecule has 0 aromatic carbocycles. The number of sulfonamides is 1. The maximum atomic E-state index is 11.3. The Morgan fingerprint density at radius 1 is 1.41 bits per heavy atom. The third kappa shape index (κ3) is 5.11. The van der Waals surface area contributed by atoms with E-state index in [1.165, 1.54) is 0 Å². The Kier molecular flexibility index (Phi) is 5.32. The van der Waals surface area contributed by atoms with Gasteiger partial charge in [-0.1, -0.05) is 12.0 Å². The van der Waals surface area contributed by atoms with Crippen molar-refractivity contribution >= 4 is 16.0 Å². The fourth-order valence-corrected chi connectivity index (χ4v) is 2.09. The van der Waals surface area contributed by atoms with Crippen LogP contribution in [0.25, 0.3) is 0 Å². The highest BCUT2D eigenvalue weighted by Gasteiger charge is 2.09. The van der Waals surface area contributed by atoms with Gasteiger partial charge in [-0.3, -0.25) is 0 Å². The molecule has 0 atom stereocenters. The van der Waals surface area contributed by atoms with Crippen molar-refractivity contribution < 1.29 is 12.8 Å². The minimum atomic E-state index is -3.23. The lowest BCUT2D eigenvalue weighted by Gasteiger charge is -2.03. The first-order valence-electron chi connectivity index (χ1n) is 5.31. The number of nitrogens with two attached hydrogens (primary N) is 1. The molecule has 1 rings (SSSR count). The fourth-order valence-electron chi connectivity index (χ4n) is 1.13. The SMILES string of the molecule is CCNS(=O)(=O)CCNc1nnc(CCN)o1. The van der Waals surface area contributed by atoms with E-state index >= 15 is 0 Å². The third-order valence-electron chi connectivity index (χ3n) is 1.84. The van der Waals surface area contributed by atoms with Gasteiger partial charge in [-0.25, -0.2) is 13.1 Å². The van der Waals surface area contributed by atoms with Gasteiger partial charge in [0.15, 0.2) is 0 Å². The number of anilines is 1. The normalized spacial score (nSPS) is 11.6. The van der Waals surface area contributed by atoms with Gasteiger partial charge in [0.1, 0.15) is 0 Å². The van der Waals surface area contributed by atoms with Gasteiger partial charge in [0.2, 0.25) is 15.9 Å². The molecule has 1 aromatic rings. The van der Waals surface area contributed by atoms with Gasteiger partial charge < -0.3 is 15.5 Å². The molecule has 0 aliphatic heterocycles. The summed E-state index contributed by atoms with van der Waals surface area (Å²) < 4.78 is 30.1. The van der Waals surface area contributed by atoms with E-state index < -0.39 is 10.0 Å². The molecule has 0 radical (unpaired) electrons. The maximum absolute atomic E-state index is 11.3. The number of rotatable bonds is 8. The zero-order valence-electron chi connectivity index (χ0n) is 9.64. The summed E-state index contributed by atoms with van der Waals surface area (Å²) in [6.45, 7) is 2.74. The van der Waals surface area contributed by atoms with Crippen molar-refractivity contribution in [3.63, 3.8) is 0 Å². The van der Waals surface area contributed by atoms with Crippen LogP contribution in [-0.4, -0.2) is 44.0 Å². The fraction of sp³-hybridized carbons (Fsp3) is 0.750. The molecule has 0 unspecified atom stereocenters. The zero-order chi connectivity index (χ0) is 12.7. The molecular formula is C8H17N5O3S. The second-order valence-corrected chi connectivity index (χ2v) is 5.21. The molecule has 98 valence electrons. The van der Waals surface area contributed by atoms with Gasteiger partial charge in [0, 0.05) is 26.1 Å². The van der Waals surface area contributed by atoms with Crippen molar-refractivity contribution in [2.75, 3.05) is 30.7 Å². The molecule has 0 aliphatic carbocycles. The van der Waals surface area contributed by atoms with E-state index in [1.54, 1.807) is 6.92 Å². The average Bonchev–Trinajstić information content (AvgIpc) is 2.66. The van der Waals surface area contributed by atoms with Crippen LogP contribution in [0, 0.1) is 0 Å². The summed E-state index contributed by atoms with van der Waals surface area (Å²) in [5.74, 6) is 0.389. The van der Waals surface area contributed by atoms with E-state index in [0.29, 0.717) is 25.4 Å². The second-order valence-electron chi connectivity index (χ2n) is 3.28. The second kappa shape index (κ2) is 6.52. The van der Waals surface area contributed by atoms with Crippen LogP contribution in [0.5, 0.6) is 0 Å². The number of hydrogen-bond donors (Lipinski definition) is 3. The molecule has 0 saturated carbocycles. The van der Waals surface area contributed by atoms with E-state index in [-0.39, 0.29) is 18.3 Å². The molecule has 4 N–H and O–H groups in total. The molecule has 0 amide bonds. The molecule has 1 heterocycles. The molecule has 0 saturated heterocycles.